The number of carbonyl (C=O) groups is 1. The maximum atomic E-state index is 11.1. The fourth-order valence-corrected chi connectivity index (χ4v) is 1.87. The topological polar surface area (TPSA) is 98.9 Å². The maximum absolute atomic E-state index is 11.1. The minimum atomic E-state index is 0.0665. The predicted molar refractivity (Wildman–Crippen MR) is 71.1 cm³/mol. The molecule has 0 bridgehead atoms. The molecular weight excluding hydrogens is 244 g/mol. The van der Waals surface area contributed by atoms with Gasteiger partial charge in [-0.15, -0.1) is 0 Å². The van der Waals surface area contributed by atoms with Gasteiger partial charge in [-0.3, -0.25) is 9.78 Å². The van der Waals surface area contributed by atoms with Crippen LogP contribution in [0, 0.1) is 16.7 Å². The first-order valence-corrected chi connectivity index (χ1v) is 6.11. The van der Waals surface area contributed by atoms with Crippen molar-refractivity contribution < 1.29 is 9.53 Å². The van der Waals surface area contributed by atoms with E-state index in [0.717, 1.165) is 0 Å². The molecule has 19 heavy (non-hydrogen) atoms. The van der Waals surface area contributed by atoms with Gasteiger partial charge in [0, 0.05) is 43.8 Å². The highest BCUT2D eigenvalue weighted by molar-refractivity contribution is 6.03. The molecule has 1 fully saturated rings. The average Bonchev–Trinajstić information content (AvgIpc) is 2.83. The number of ether oxygens (including phenoxy) is 1. The quantitative estimate of drug-likeness (QED) is 0.665. The van der Waals surface area contributed by atoms with Gasteiger partial charge in [0.25, 0.3) is 0 Å². The predicted octanol–water partition coefficient (Wildman–Crippen LogP) is 1.00. The Balaban J connectivity index is 1.93. The highest BCUT2D eigenvalue weighted by Crippen LogP contribution is 2.15. The lowest BCUT2D eigenvalue weighted by Crippen LogP contribution is -2.16. The Kier molecular flexibility index (Phi) is 4.22. The smallest absolute Gasteiger partial charge is 0.220 e. The second kappa shape index (κ2) is 6.08. The molecule has 6 nitrogen and oxygen atoms in total. The summed E-state index contributed by atoms with van der Waals surface area (Å²) in [5.41, 5.74) is 0.805. The van der Waals surface area contributed by atoms with Gasteiger partial charge in [0.05, 0.1) is 18.0 Å². The average molecular weight is 260 g/mol. The molecule has 0 aromatic carbocycles. The second-order valence-corrected chi connectivity index (χ2v) is 4.45. The third-order valence-electron chi connectivity index (χ3n) is 2.89. The van der Waals surface area contributed by atoms with Gasteiger partial charge in [-0.1, -0.05) is 0 Å². The number of amides is 1. The molecule has 1 saturated heterocycles. The van der Waals surface area contributed by atoms with Crippen molar-refractivity contribution in [2.75, 3.05) is 13.2 Å². The van der Waals surface area contributed by atoms with Gasteiger partial charge >= 0.3 is 0 Å². The highest BCUT2D eigenvalue weighted by Gasteiger charge is 2.21. The lowest BCUT2D eigenvalue weighted by Gasteiger charge is -2.10. The van der Waals surface area contributed by atoms with Crippen molar-refractivity contribution in [3.8, 4) is 5.75 Å². The van der Waals surface area contributed by atoms with Gasteiger partial charge in [0.15, 0.2) is 0 Å². The third-order valence-corrected chi connectivity index (χ3v) is 2.89. The van der Waals surface area contributed by atoms with Crippen LogP contribution >= 0.6 is 0 Å². The van der Waals surface area contributed by atoms with Crippen molar-refractivity contribution in [3.05, 3.63) is 24.0 Å². The zero-order chi connectivity index (χ0) is 13.7. The van der Waals surface area contributed by atoms with Crippen molar-refractivity contribution in [2.45, 2.75) is 12.8 Å². The summed E-state index contributed by atoms with van der Waals surface area (Å²) in [6.07, 6.45) is 3.52. The number of aromatic nitrogens is 1. The SMILES string of the molecule is N=CCC(=N)c1cc(OCC2CNC(=O)C2)ccn1. The summed E-state index contributed by atoms with van der Waals surface area (Å²) >= 11 is 0. The Bertz CT molecular complexity index is 501. The van der Waals surface area contributed by atoms with Crippen molar-refractivity contribution in [1.82, 2.24) is 10.3 Å². The Morgan fingerprint density at radius 3 is 3.16 bits per heavy atom. The molecular formula is C13H16N4O2. The molecule has 0 aliphatic carbocycles. The highest BCUT2D eigenvalue weighted by atomic mass is 16.5. The van der Waals surface area contributed by atoms with Crippen LogP contribution in [0.5, 0.6) is 5.75 Å². The zero-order valence-corrected chi connectivity index (χ0v) is 10.5. The number of nitrogens with zero attached hydrogens (tertiary/aromatic N) is 1. The normalized spacial score (nSPS) is 17.9. The molecule has 100 valence electrons. The van der Waals surface area contributed by atoms with E-state index in [9.17, 15) is 4.79 Å². The first-order valence-electron chi connectivity index (χ1n) is 6.11. The van der Waals surface area contributed by atoms with E-state index in [4.69, 9.17) is 15.6 Å². The molecule has 6 heteroatoms. The number of pyridine rings is 1. The fourth-order valence-electron chi connectivity index (χ4n) is 1.87. The van der Waals surface area contributed by atoms with Crippen molar-refractivity contribution in [1.29, 1.82) is 10.8 Å². The molecule has 1 unspecified atom stereocenters. The van der Waals surface area contributed by atoms with E-state index in [1.54, 1.807) is 18.3 Å². The van der Waals surface area contributed by atoms with Crippen LogP contribution in [0.15, 0.2) is 18.3 Å². The fraction of sp³-hybridized carbons (Fsp3) is 0.385. The number of hydrogen-bond acceptors (Lipinski definition) is 5. The molecule has 0 radical (unpaired) electrons. The van der Waals surface area contributed by atoms with E-state index in [1.165, 1.54) is 6.21 Å². The Morgan fingerprint density at radius 1 is 1.63 bits per heavy atom. The van der Waals surface area contributed by atoms with Crippen LogP contribution < -0.4 is 10.1 Å². The van der Waals surface area contributed by atoms with Crippen LogP contribution in [-0.2, 0) is 4.79 Å². The van der Waals surface area contributed by atoms with Crippen LogP contribution in [0.25, 0.3) is 0 Å². The van der Waals surface area contributed by atoms with E-state index in [2.05, 4.69) is 10.3 Å². The number of carbonyl (C=O) groups excluding carboxylic acids is 1. The van der Waals surface area contributed by atoms with E-state index in [1.807, 2.05) is 0 Å². The first-order chi connectivity index (χ1) is 9.19. The molecule has 0 spiro atoms. The molecule has 2 heterocycles. The summed E-state index contributed by atoms with van der Waals surface area (Å²) in [4.78, 5) is 15.1. The van der Waals surface area contributed by atoms with Gasteiger partial charge < -0.3 is 20.9 Å². The van der Waals surface area contributed by atoms with Crippen molar-refractivity contribution in [3.63, 3.8) is 0 Å². The molecule has 1 aromatic rings. The number of hydrogen-bond donors (Lipinski definition) is 3. The Hall–Kier alpha value is -2.24. The Labute approximate surface area is 111 Å². The first kappa shape index (κ1) is 13.2. The Morgan fingerprint density at radius 2 is 2.47 bits per heavy atom. The molecule has 1 aliphatic rings. The zero-order valence-electron chi connectivity index (χ0n) is 10.5. The molecule has 1 atom stereocenters. The van der Waals surface area contributed by atoms with Crippen LogP contribution in [0.2, 0.25) is 0 Å². The van der Waals surface area contributed by atoms with Gasteiger partial charge in [-0.2, -0.15) is 0 Å². The van der Waals surface area contributed by atoms with Crippen LogP contribution in [0.1, 0.15) is 18.5 Å². The molecule has 0 saturated carbocycles. The van der Waals surface area contributed by atoms with Crippen LogP contribution in [-0.4, -0.2) is 36.0 Å². The summed E-state index contributed by atoms with van der Waals surface area (Å²) in [6.45, 7) is 1.13. The molecule has 3 N–H and O–H groups in total. The summed E-state index contributed by atoms with van der Waals surface area (Å²) in [6, 6.07) is 3.42. The molecule has 1 amide bonds. The summed E-state index contributed by atoms with van der Waals surface area (Å²) in [5.74, 6) is 0.904. The molecule has 1 aromatic heterocycles. The third kappa shape index (κ3) is 3.61. The minimum Gasteiger partial charge on any atom is -0.493 e. The molecule has 2 rings (SSSR count). The van der Waals surface area contributed by atoms with Gasteiger partial charge in [0.1, 0.15) is 5.75 Å². The summed E-state index contributed by atoms with van der Waals surface area (Å²) < 4.78 is 5.62. The number of nitrogens with one attached hydrogen (secondary N) is 3. The van der Waals surface area contributed by atoms with Crippen LogP contribution in [0.3, 0.4) is 0 Å². The van der Waals surface area contributed by atoms with Gasteiger partial charge in [-0.05, 0) is 6.07 Å². The van der Waals surface area contributed by atoms with E-state index in [-0.39, 0.29) is 24.0 Å². The van der Waals surface area contributed by atoms with E-state index < -0.39 is 0 Å². The summed E-state index contributed by atoms with van der Waals surface area (Å²) in [7, 11) is 0. The van der Waals surface area contributed by atoms with E-state index in [0.29, 0.717) is 31.0 Å². The second-order valence-electron chi connectivity index (χ2n) is 4.45. The van der Waals surface area contributed by atoms with Gasteiger partial charge in [0.2, 0.25) is 5.91 Å². The number of rotatable bonds is 6. The summed E-state index contributed by atoms with van der Waals surface area (Å²) in [5, 5.41) is 17.5. The van der Waals surface area contributed by atoms with Crippen molar-refractivity contribution in [2.24, 2.45) is 5.92 Å². The monoisotopic (exact) mass is 260 g/mol. The lowest BCUT2D eigenvalue weighted by molar-refractivity contribution is -0.119. The standard InChI is InChI=1S/C13H16N4O2/c14-3-1-11(15)12-6-10(2-4-16-12)19-8-9-5-13(18)17-7-9/h2-4,6,9,14-15H,1,5,7-8H2,(H,17,18). The van der Waals surface area contributed by atoms with Gasteiger partial charge in [-0.25, -0.2) is 0 Å². The van der Waals surface area contributed by atoms with Crippen LogP contribution in [0.4, 0.5) is 0 Å². The van der Waals surface area contributed by atoms with E-state index >= 15 is 0 Å². The largest absolute Gasteiger partial charge is 0.493 e. The maximum Gasteiger partial charge on any atom is 0.220 e. The lowest BCUT2D eigenvalue weighted by atomic mass is 10.1. The van der Waals surface area contributed by atoms with Crippen molar-refractivity contribution >= 4 is 17.8 Å². The molecule has 1 aliphatic heterocycles. The minimum absolute atomic E-state index is 0.0665.